The lowest BCUT2D eigenvalue weighted by molar-refractivity contribution is 0.363. The molecule has 2 atom stereocenters. The van der Waals surface area contributed by atoms with Crippen molar-refractivity contribution in [3.8, 4) is 0 Å². The standard InChI is InChI=1S/C15H18N2/c1-17-9-11-8-15(11,10-17)13-5-2-6-14-12(13)4-3-7-16-14/h2,5-7,11H,3-4,8-10H2,1H3. The van der Waals surface area contributed by atoms with E-state index in [0.717, 1.165) is 12.3 Å². The minimum atomic E-state index is 0.493. The minimum absolute atomic E-state index is 0.493. The summed E-state index contributed by atoms with van der Waals surface area (Å²) in [4.78, 5) is 7.04. The molecule has 2 fully saturated rings. The van der Waals surface area contributed by atoms with Crippen molar-refractivity contribution in [2.24, 2.45) is 10.9 Å². The molecule has 2 heterocycles. The molecule has 2 aliphatic heterocycles. The molecule has 0 bridgehead atoms. The zero-order chi connectivity index (χ0) is 11.5. The molecule has 2 heteroatoms. The van der Waals surface area contributed by atoms with Gasteiger partial charge in [-0.05, 0) is 49.4 Å². The highest BCUT2D eigenvalue weighted by Gasteiger charge is 2.60. The molecule has 1 saturated carbocycles. The molecule has 0 radical (unpaired) electrons. The molecule has 1 aliphatic carbocycles. The van der Waals surface area contributed by atoms with E-state index >= 15 is 0 Å². The van der Waals surface area contributed by atoms with Crippen LogP contribution < -0.4 is 0 Å². The second-order valence-electron chi connectivity index (χ2n) is 5.91. The van der Waals surface area contributed by atoms with Gasteiger partial charge in [0.25, 0.3) is 0 Å². The summed E-state index contributed by atoms with van der Waals surface area (Å²) in [7, 11) is 2.25. The highest BCUT2D eigenvalue weighted by Crippen LogP contribution is 2.60. The maximum atomic E-state index is 4.56. The average molecular weight is 226 g/mol. The third kappa shape index (κ3) is 1.28. The Morgan fingerprint density at radius 1 is 1.41 bits per heavy atom. The van der Waals surface area contributed by atoms with Crippen LogP contribution in [0.15, 0.2) is 23.2 Å². The first kappa shape index (κ1) is 9.84. The smallest absolute Gasteiger partial charge is 0.0660 e. The molecule has 17 heavy (non-hydrogen) atoms. The molecule has 1 aromatic rings. The van der Waals surface area contributed by atoms with E-state index in [0.29, 0.717) is 5.41 Å². The lowest BCUT2D eigenvalue weighted by Gasteiger charge is -2.22. The van der Waals surface area contributed by atoms with Gasteiger partial charge in [0, 0.05) is 24.7 Å². The van der Waals surface area contributed by atoms with Gasteiger partial charge in [0.1, 0.15) is 0 Å². The number of rotatable bonds is 1. The first-order valence-electron chi connectivity index (χ1n) is 6.63. The molecule has 1 aromatic carbocycles. The molecule has 2 unspecified atom stereocenters. The summed E-state index contributed by atoms with van der Waals surface area (Å²) in [5, 5.41) is 0. The van der Waals surface area contributed by atoms with Crippen molar-refractivity contribution in [3.63, 3.8) is 0 Å². The molecule has 0 amide bonds. The van der Waals surface area contributed by atoms with Gasteiger partial charge < -0.3 is 4.90 Å². The van der Waals surface area contributed by atoms with E-state index in [1.807, 2.05) is 0 Å². The van der Waals surface area contributed by atoms with E-state index in [-0.39, 0.29) is 0 Å². The summed E-state index contributed by atoms with van der Waals surface area (Å²) < 4.78 is 0. The number of nitrogens with zero attached hydrogens (tertiary/aromatic N) is 2. The van der Waals surface area contributed by atoms with Crippen LogP contribution in [0.2, 0.25) is 0 Å². The Labute approximate surface area is 102 Å². The second kappa shape index (κ2) is 3.20. The summed E-state index contributed by atoms with van der Waals surface area (Å²) >= 11 is 0. The highest BCUT2D eigenvalue weighted by molar-refractivity contribution is 5.70. The quantitative estimate of drug-likeness (QED) is 0.718. The lowest BCUT2D eigenvalue weighted by Crippen LogP contribution is -2.23. The fourth-order valence-corrected chi connectivity index (χ4v) is 3.95. The van der Waals surface area contributed by atoms with Crippen LogP contribution >= 0.6 is 0 Å². The number of hydrogen-bond donors (Lipinski definition) is 0. The number of benzene rings is 1. The molecule has 88 valence electrons. The zero-order valence-corrected chi connectivity index (χ0v) is 10.3. The van der Waals surface area contributed by atoms with E-state index in [9.17, 15) is 0 Å². The topological polar surface area (TPSA) is 15.6 Å². The second-order valence-corrected chi connectivity index (χ2v) is 5.91. The van der Waals surface area contributed by atoms with Crippen molar-refractivity contribution >= 4 is 11.9 Å². The van der Waals surface area contributed by atoms with Gasteiger partial charge in [-0.2, -0.15) is 0 Å². The highest BCUT2D eigenvalue weighted by atomic mass is 15.2. The van der Waals surface area contributed by atoms with Crippen LogP contribution in [0.5, 0.6) is 0 Å². The Kier molecular flexibility index (Phi) is 1.85. The van der Waals surface area contributed by atoms with Gasteiger partial charge in [-0.1, -0.05) is 12.1 Å². The fourth-order valence-electron chi connectivity index (χ4n) is 3.95. The summed E-state index contributed by atoms with van der Waals surface area (Å²) in [5.74, 6) is 0.907. The van der Waals surface area contributed by atoms with Crippen molar-refractivity contribution in [2.75, 3.05) is 20.1 Å². The number of likely N-dealkylation sites (N-methyl/N-ethyl adjacent to an activating group) is 1. The van der Waals surface area contributed by atoms with Crippen molar-refractivity contribution in [3.05, 3.63) is 29.3 Å². The number of likely N-dealkylation sites (tertiary alicyclic amines) is 1. The third-order valence-corrected chi connectivity index (χ3v) is 4.76. The molecule has 0 N–H and O–H groups in total. The predicted molar refractivity (Wildman–Crippen MR) is 70.2 cm³/mol. The van der Waals surface area contributed by atoms with Crippen molar-refractivity contribution in [1.29, 1.82) is 0 Å². The summed E-state index contributed by atoms with van der Waals surface area (Å²) in [6, 6.07) is 6.72. The average Bonchev–Trinajstić information content (AvgIpc) is 2.92. The van der Waals surface area contributed by atoms with Crippen LogP contribution in [0.4, 0.5) is 5.69 Å². The Bertz CT molecular complexity index is 506. The first-order chi connectivity index (χ1) is 8.29. The van der Waals surface area contributed by atoms with E-state index < -0.39 is 0 Å². The van der Waals surface area contributed by atoms with Gasteiger partial charge >= 0.3 is 0 Å². The van der Waals surface area contributed by atoms with E-state index in [1.54, 1.807) is 5.56 Å². The third-order valence-electron chi connectivity index (χ3n) is 4.76. The predicted octanol–water partition coefficient (Wildman–Crippen LogP) is 2.54. The molecule has 4 rings (SSSR count). The molecule has 1 saturated heterocycles. The summed E-state index contributed by atoms with van der Waals surface area (Å²) in [6.07, 6.45) is 5.76. The van der Waals surface area contributed by atoms with Crippen LogP contribution in [-0.2, 0) is 11.8 Å². The molecule has 2 nitrogen and oxygen atoms in total. The Morgan fingerprint density at radius 2 is 2.35 bits per heavy atom. The number of aliphatic imine (C=N–C) groups is 1. The Hall–Kier alpha value is -1.15. The Balaban J connectivity index is 1.83. The van der Waals surface area contributed by atoms with Crippen molar-refractivity contribution in [2.45, 2.75) is 24.7 Å². The minimum Gasteiger partial charge on any atom is -0.305 e. The molecule has 0 aromatic heterocycles. The van der Waals surface area contributed by atoms with E-state index in [2.05, 4.69) is 41.4 Å². The largest absolute Gasteiger partial charge is 0.305 e. The number of hydrogen-bond acceptors (Lipinski definition) is 2. The maximum Gasteiger partial charge on any atom is 0.0660 e. The summed E-state index contributed by atoms with van der Waals surface area (Å²) in [5.41, 5.74) is 4.87. The zero-order valence-electron chi connectivity index (χ0n) is 10.3. The molecular weight excluding hydrogens is 208 g/mol. The summed E-state index contributed by atoms with van der Waals surface area (Å²) in [6.45, 7) is 2.53. The lowest BCUT2D eigenvalue weighted by atomic mass is 9.87. The number of fused-ring (bicyclic) bond motifs is 2. The van der Waals surface area contributed by atoms with E-state index in [1.165, 1.54) is 37.2 Å². The van der Waals surface area contributed by atoms with Gasteiger partial charge in [0.2, 0.25) is 0 Å². The van der Waals surface area contributed by atoms with Crippen LogP contribution in [0.1, 0.15) is 24.0 Å². The van der Waals surface area contributed by atoms with Crippen molar-refractivity contribution < 1.29 is 0 Å². The van der Waals surface area contributed by atoms with Gasteiger partial charge in [-0.25, -0.2) is 0 Å². The van der Waals surface area contributed by atoms with E-state index in [4.69, 9.17) is 0 Å². The van der Waals surface area contributed by atoms with Gasteiger partial charge in [0.15, 0.2) is 0 Å². The van der Waals surface area contributed by atoms with Gasteiger partial charge in [0.05, 0.1) is 5.69 Å². The molecule has 3 aliphatic rings. The Morgan fingerprint density at radius 3 is 3.18 bits per heavy atom. The van der Waals surface area contributed by atoms with Crippen LogP contribution in [0.25, 0.3) is 0 Å². The van der Waals surface area contributed by atoms with Gasteiger partial charge in [-0.15, -0.1) is 0 Å². The van der Waals surface area contributed by atoms with Crippen LogP contribution in [0, 0.1) is 5.92 Å². The maximum absolute atomic E-state index is 4.56. The van der Waals surface area contributed by atoms with Crippen molar-refractivity contribution in [1.82, 2.24) is 4.90 Å². The molecule has 0 spiro atoms. The van der Waals surface area contributed by atoms with Crippen LogP contribution in [0.3, 0.4) is 0 Å². The van der Waals surface area contributed by atoms with Crippen LogP contribution in [-0.4, -0.2) is 31.3 Å². The molecular formula is C15H18N2. The fraction of sp³-hybridized carbons (Fsp3) is 0.533. The monoisotopic (exact) mass is 226 g/mol. The SMILES string of the molecule is CN1CC2CC2(c2cccc3c2CCC=N3)C1. The number of piperidine rings is 1. The normalized spacial score (nSPS) is 34.5. The van der Waals surface area contributed by atoms with Gasteiger partial charge in [-0.3, -0.25) is 4.99 Å². The first-order valence-corrected chi connectivity index (χ1v) is 6.63.